The van der Waals surface area contributed by atoms with Gasteiger partial charge in [-0.3, -0.25) is 4.79 Å². The third kappa shape index (κ3) is 4.59. The van der Waals surface area contributed by atoms with Crippen LogP contribution >= 0.6 is 0 Å². The summed E-state index contributed by atoms with van der Waals surface area (Å²) in [5.74, 6) is 4.00. The summed E-state index contributed by atoms with van der Waals surface area (Å²) in [7, 11) is 0. The van der Waals surface area contributed by atoms with Gasteiger partial charge < -0.3 is 10.6 Å². The highest BCUT2D eigenvalue weighted by Crippen LogP contribution is 2.14. The minimum atomic E-state index is -0.619. The number of nitrogens with zero attached hydrogens (tertiary/aromatic N) is 2. The van der Waals surface area contributed by atoms with Gasteiger partial charge in [0.15, 0.2) is 0 Å². The molecular formula is C16H18FN3O. The van der Waals surface area contributed by atoms with Gasteiger partial charge in [-0.15, -0.1) is 0 Å². The summed E-state index contributed by atoms with van der Waals surface area (Å²) in [6.45, 7) is 4.40. The van der Waals surface area contributed by atoms with E-state index in [0.29, 0.717) is 12.1 Å². The fourth-order valence-corrected chi connectivity index (χ4v) is 1.82. The monoisotopic (exact) mass is 287 g/mol. The van der Waals surface area contributed by atoms with Gasteiger partial charge in [0.05, 0.1) is 24.1 Å². The number of nitriles is 1. The molecule has 4 nitrogen and oxygen atoms in total. The SMILES string of the molecule is CCN(CC(C)C#N)C(=O)c1ccc(C#CCN)cc1F. The van der Waals surface area contributed by atoms with Gasteiger partial charge in [-0.25, -0.2) is 4.39 Å². The van der Waals surface area contributed by atoms with Crippen LogP contribution in [0.3, 0.4) is 0 Å². The molecule has 1 aromatic rings. The Morgan fingerprint density at radius 2 is 2.24 bits per heavy atom. The Balaban J connectivity index is 2.99. The molecule has 0 aliphatic heterocycles. The van der Waals surface area contributed by atoms with Crippen molar-refractivity contribution in [3.63, 3.8) is 0 Å². The van der Waals surface area contributed by atoms with E-state index in [9.17, 15) is 9.18 Å². The van der Waals surface area contributed by atoms with Gasteiger partial charge in [-0.1, -0.05) is 11.8 Å². The summed E-state index contributed by atoms with van der Waals surface area (Å²) in [5, 5.41) is 8.82. The Kier molecular flexibility index (Phi) is 6.39. The maximum absolute atomic E-state index is 14.0. The van der Waals surface area contributed by atoms with E-state index in [2.05, 4.69) is 17.9 Å². The lowest BCUT2D eigenvalue weighted by atomic mass is 10.1. The third-order valence-corrected chi connectivity index (χ3v) is 2.92. The normalized spacial score (nSPS) is 11.0. The smallest absolute Gasteiger partial charge is 0.256 e. The number of benzene rings is 1. The highest BCUT2D eigenvalue weighted by atomic mass is 19.1. The first-order chi connectivity index (χ1) is 10.0. The second-order valence-electron chi connectivity index (χ2n) is 4.57. The number of carbonyl (C=O) groups excluding carboxylic acids is 1. The zero-order valence-electron chi connectivity index (χ0n) is 12.2. The molecule has 21 heavy (non-hydrogen) atoms. The minimum Gasteiger partial charge on any atom is -0.338 e. The molecule has 2 N–H and O–H groups in total. The second-order valence-corrected chi connectivity index (χ2v) is 4.57. The van der Waals surface area contributed by atoms with Crippen molar-refractivity contribution in [3.8, 4) is 17.9 Å². The van der Waals surface area contributed by atoms with Gasteiger partial charge >= 0.3 is 0 Å². The third-order valence-electron chi connectivity index (χ3n) is 2.92. The van der Waals surface area contributed by atoms with Gasteiger partial charge in [0.1, 0.15) is 5.82 Å². The van der Waals surface area contributed by atoms with E-state index < -0.39 is 11.7 Å². The van der Waals surface area contributed by atoms with Crippen LogP contribution in [0.25, 0.3) is 0 Å². The maximum Gasteiger partial charge on any atom is 0.256 e. The molecule has 0 aliphatic carbocycles. The van der Waals surface area contributed by atoms with E-state index in [4.69, 9.17) is 11.0 Å². The van der Waals surface area contributed by atoms with Crippen molar-refractivity contribution in [2.24, 2.45) is 11.7 Å². The molecule has 0 bridgehead atoms. The van der Waals surface area contributed by atoms with Crippen LogP contribution in [0.5, 0.6) is 0 Å². The average molecular weight is 287 g/mol. The molecule has 110 valence electrons. The van der Waals surface area contributed by atoms with Crippen molar-refractivity contribution in [2.75, 3.05) is 19.6 Å². The first-order valence-corrected chi connectivity index (χ1v) is 6.70. The predicted molar refractivity (Wildman–Crippen MR) is 78.7 cm³/mol. The highest BCUT2D eigenvalue weighted by molar-refractivity contribution is 5.94. The number of carbonyl (C=O) groups is 1. The Morgan fingerprint density at radius 1 is 1.52 bits per heavy atom. The van der Waals surface area contributed by atoms with Crippen LogP contribution in [0, 0.1) is 34.9 Å². The Morgan fingerprint density at radius 3 is 2.76 bits per heavy atom. The lowest BCUT2D eigenvalue weighted by Gasteiger charge is -2.22. The number of hydrogen-bond donors (Lipinski definition) is 1. The van der Waals surface area contributed by atoms with E-state index in [0.717, 1.165) is 0 Å². The minimum absolute atomic E-state index is 0.0136. The van der Waals surface area contributed by atoms with Crippen LogP contribution in [0.4, 0.5) is 4.39 Å². The van der Waals surface area contributed by atoms with Crippen molar-refractivity contribution in [1.29, 1.82) is 5.26 Å². The van der Waals surface area contributed by atoms with Crippen LogP contribution in [-0.2, 0) is 0 Å². The van der Waals surface area contributed by atoms with Crippen molar-refractivity contribution in [2.45, 2.75) is 13.8 Å². The number of nitrogens with two attached hydrogens (primary N) is 1. The predicted octanol–water partition coefficient (Wildman–Crippen LogP) is 1.76. The Hall–Kier alpha value is -2.37. The lowest BCUT2D eigenvalue weighted by molar-refractivity contribution is 0.0748. The van der Waals surface area contributed by atoms with Gasteiger partial charge in [-0.2, -0.15) is 5.26 Å². The van der Waals surface area contributed by atoms with Crippen LogP contribution in [-0.4, -0.2) is 30.4 Å². The topological polar surface area (TPSA) is 70.1 Å². The molecule has 0 radical (unpaired) electrons. The molecule has 0 heterocycles. The molecule has 1 unspecified atom stereocenters. The van der Waals surface area contributed by atoms with Crippen molar-refractivity contribution in [3.05, 3.63) is 35.1 Å². The summed E-state index contributed by atoms with van der Waals surface area (Å²) in [5.41, 5.74) is 5.72. The fourth-order valence-electron chi connectivity index (χ4n) is 1.82. The van der Waals surface area contributed by atoms with E-state index >= 15 is 0 Å². The van der Waals surface area contributed by atoms with Crippen LogP contribution in [0.2, 0.25) is 0 Å². The molecule has 1 atom stereocenters. The molecule has 0 fully saturated rings. The van der Waals surface area contributed by atoms with E-state index in [-0.39, 0.29) is 24.6 Å². The van der Waals surface area contributed by atoms with Crippen molar-refractivity contribution >= 4 is 5.91 Å². The highest BCUT2D eigenvalue weighted by Gasteiger charge is 2.19. The molecule has 0 aliphatic rings. The second kappa shape index (κ2) is 8.04. The van der Waals surface area contributed by atoms with Crippen molar-refractivity contribution in [1.82, 2.24) is 4.90 Å². The number of amides is 1. The molecular weight excluding hydrogens is 269 g/mol. The standard InChI is InChI=1S/C16H18FN3O/c1-3-20(11-12(2)10-19)16(21)14-7-6-13(5-4-8-18)9-15(14)17/h6-7,9,12H,3,8,11,18H2,1-2H3. The largest absolute Gasteiger partial charge is 0.338 e. The van der Waals surface area contributed by atoms with Gasteiger partial charge in [0.25, 0.3) is 5.91 Å². The molecule has 0 saturated carbocycles. The number of halogens is 1. The average Bonchev–Trinajstić information content (AvgIpc) is 2.49. The Bertz CT molecular complexity index is 610. The summed E-state index contributed by atoms with van der Waals surface area (Å²) >= 11 is 0. The maximum atomic E-state index is 14.0. The molecule has 0 saturated heterocycles. The summed E-state index contributed by atoms with van der Waals surface area (Å²) in [4.78, 5) is 13.7. The lowest BCUT2D eigenvalue weighted by Crippen LogP contribution is -2.34. The molecule has 0 spiro atoms. The zero-order valence-corrected chi connectivity index (χ0v) is 12.2. The van der Waals surface area contributed by atoms with E-state index in [1.807, 2.05) is 0 Å². The van der Waals surface area contributed by atoms with E-state index in [1.54, 1.807) is 19.9 Å². The summed E-state index contributed by atoms with van der Waals surface area (Å²) < 4.78 is 14.0. The van der Waals surface area contributed by atoms with Crippen LogP contribution in [0.1, 0.15) is 29.8 Å². The Labute approximate surface area is 124 Å². The van der Waals surface area contributed by atoms with Crippen LogP contribution in [0.15, 0.2) is 18.2 Å². The first-order valence-electron chi connectivity index (χ1n) is 6.70. The molecule has 1 aromatic carbocycles. The molecule has 0 aromatic heterocycles. The van der Waals surface area contributed by atoms with Gasteiger partial charge in [0, 0.05) is 18.7 Å². The summed E-state index contributed by atoms with van der Waals surface area (Å²) in [6, 6.07) is 6.28. The van der Waals surface area contributed by atoms with E-state index in [1.165, 1.54) is 17.0 Å². The summed E-state index contributed by atoms with van der Waals surface area (Å²) in [6.07, 6.45) is 0. The van der Waals surface area contributed by atoms with Crippen molar-refractivity contribution < 1.29 is 9.18 Å². The van der Waals surface area contributed by atoms with Gasteiger partial charge in [0.2, 0.25) is 0 Å². The quantitative estimate of drug-likeness (QED) is 0.858. The number of rotatable bonds is 4. The van der Waals surface area contributed by atoms with Gasteiger partial charge in [-0.05, 0) is 32.0 Å². The molecule has 5 heteroatoms. The first kappa shape index (κ1) is 16.7. The molecule has 1 amide bonds. The van der Waals surface area contributed by atoms with Crippen LogP contribution < -0.4 is 5.73 Å². The fraction of sp³-hybridized carbons (Fsp3) is 0.375. The zero-order chi connectivity index (χ0) is 15.8. The molecule has 1 rings (SSSR count). The number of hydrogen-bond acceptors (Lipinski definition) is 3.